The highest BCUT2D eigenvalue weighted by Crippen LogP contribution is 2.27. The fourth-order valence-electron chi connectivity index (χ4n) is 1.76. The number of rotatable bonds is 2. The fourth-order valence-corrected chi connectivity index (χ4v) is 2.19. The van der Waals surface area contributed by atoms with Gasteiger partial charge in [-0.2, -0.15) is 10.2 Å². The van der Waals surface area contributed by atoms with E-state index in [2.05, 4.69) is 25.9 Å². The number of hydrogen-bond acceptors (Lipinski definition) is 5. The summed E-state index contributed by atoms with van der Waals surface area (Å²) in [5.41, 5.74) is 5.75. The number of hydrogen-bond donors (Lipinski definition) is 1. The van der Waals surface area contributed by atoms with Crippen molar-refractivity contribution in [2.75, 3.05) is 22.5 Å². The molecule has 0 bridgehead atoms. The van der Waals surface area contributed by atoms with E-state index in [0.717, 1.165) is 5.33 Å². The van der Waals surface area contributed by atoms with Gasteiger partial charge in [-0.05, 0) is 5.92 Å². The minimum Gasteiger partial charge on any atom is -0.368 e. The second-order valence-corrected chi connectivity index (χ2v) is 4.45. The zero-order chi connectivity index (χ0) is 12.4. The van der Waals surface area contributed by atoms with Crippen LogP contribution in [-0.4, -0.2) is 27.7 Å². The number of nitriles is 1. The zero-order valence-corrected chi connectivity index (χ0v) is 10.5. The average molecular weight is 296 g/mol. The normalized spacial score (nSPS) is 19.4. The Balaban J connectivity index is 2.37. The molecule has 0 aliphatic carbocycles. The summed E-state index contributed by atoms with van der Waals surface area (Å²) in [5, 5.41) is 9.71. The summed E-state index contributed by atoms with van der Waals surface area (Å²) >= 11 is 3.35. The van der Waals surface area contributed by atoms with Gasteiger partial charge in [0.25, 0.3) is 0 Å². The van der Waals surface area contributed by atoms with Crippen molar-refractivity contribution < 1.29 is 4.79 Å². The summed E-state index contributed by atoms with van der Waals surface area (Å²) in [6.07, 6.45) is 1.80. The van der Waals surface area contributed by atoms with Crippen molar-refractivity contribution in [3.63, 3.8) is 0 Å². The summed E-state index contributed by atoms with van der Waals surface area (Å²) in [4.78, 5) is 21.0. The van der Waals surface area contributed by atoms with Gasteiger partial charge in [-0.15, -0.1) is 0 Å². The van der Waals surface area contributed by atoms with Crippen molar-refractivity contribution in [2.24, 2.45) is 5.92 Å². The van der Waals surface area contributed by atoms with Gasteiger partial charge in [-0.1, -0.05) is 15.9 Å². The lowest BCUT2D eigenvalue weighted by molar-refractivity contribution is -0.117. The van der Waals surface area contributed by atoms with Crippen LogP contribution in [0.3, 0.4) is 0 Å². The van der Waals surface area contributed by atoms with Crippen molar-refractivity contribution in [3.05, 3.63) is 11.8 Å². The van der Waals surface area contributed by atoms with Gasteiger partial charge in [0.05, 0.1) is 6.20 Å². The molecule has 0 spiro atoms. The summed E-state index contributed by atoms with van der Waals surface area (Å²) in [7, 11) is 0. The molecule has 7 heteroatoms. The molecule has 1 unspecified atom stereocenters. The molecule has 2 N–H and O–H groups in total. The first-order valence-corrected chi connectivity index (χ1v) is 6.16. The van der Waals surface area contributed by atoms with Crippen molar-refractivity contribution in [1.82, 2.24) is 9.97 Å². The number of nitrogens with zero attached hydrogens (tertiary/aromatic N) is 4. The average Bonchev–Trinajstić information content (AvgIpc) is 2.70. The lowest BCUT2D eigenvalue weighted by atomic mass is 10.2. The Hall–Kier alpha value is -1.68. The van der Waals surface area contributed by atoms with E-state index >= 15 is 0 Å². The molecule has 0 aromatic carbocycles. The molecule has 88 valence electrons. The molecule has 1 fully saturated rings. The third kappa shape index (κ3) is 2.22. The lowest BCUT2D eigenvalue weighted by Gasteiger charge is -2.16. The van der Waals surface area contributed by atoms with Crippen molar-refractivity contribution in [3.8, 4) is 6.07 Å². The number of halogens is 1. The van der Waals surface area contributed by atoms with Crippen LogP contribution >= 0.6 is 15.9 Å². The predicted molar refractivity (Wildman–Crippen MR) is 65.4 cm³/mol. The van der Waals surface area contributed by atoms with E-state index in [4.69, 9.17) is 11.0 Å². The standard InChI is InChI=1S/C10H10BrN5O/c11-2-6-1-8(17)16(5-6)9-7(3-12)4-14-10(13)15-9/h4,6H,1-2,5H2,(H2,13,14,15). The molecule has 1 atom stereocenters. The zero-order valence-electron chi connectivity index (χ0n) is 8.93. The molecular formula is C10H10BrN5O. The van der Waals surface area contributed by atoms with Crippen LogP contribution in [0.5, 0.6) is 0 Å². The Kier molecular flexibility index (Phi) is 3.24. The monoisotopic (exact) mass is 295 g/mol. The molecule has 1 saturated heterocycles. The molecule has 1 aromatic heterocycles. The Bertz CT molecular complexity index is 498. The van der Waals surface area contributed by atoms with Gasteiger partial charge in [0.15, 0.2) is 5.82 Å². The summed E-state index contributed by atoms with van der Waals surface area (Å²) < 4.78 is 0. The minimum atomic E-state index is -0.0379. The van der Waals surface area contributed by atoms with Crippen LogP contribution in [0, 0.1) is 17.2 Å². The van der Waals surface area contributed by atoms with Crippen LogP contribution in [0.25, 0.3) is 0 Å². The highest BCUT2D eigenvalue weighted by Gasteiger charge is 2.32. The topological polar surface area (TPSA) is 95.9 Å². The highest BCUT2D eigenvalue weighted by molar-refractivity contribution is 9.09. The van der Waals surface area contributed by atoms with Crippen LogP contribution in [0.15, 0.2) is 6.20 Å². The predicted octanol–water partition coefficient (Wildman–Crippen LogP) is 0.678. The van der Waals surface area contributed by atoms with E-state index in [1.54, 1.807) is 0 Å². The second kappa shape index (κ2) is 4.67. The molecule has 1 aromatic rings. The Labute approximate surface area is 107 Å². The van der Waals surface area contributed by atoms with Gasteiger partial charge in [0, 0.05) is 18.3 Å². The molecule has 6 nitrogen and oxygen atoms in total. The number of nitrogens with two attached hydrogens (primary N) is 1. The van der Waals surface area contributed by atoms with Crippen molar-refractivity contribution >= 4 is 33.6 Å². The molecule has 1 aliphatic heterocycles. The fraction of sp³-hybridized carbons (Fsp3) is 0.400. The van der Waals surface area contributed by atoms with E-state index < -0.39 is 0 Å². The maximum absolute atomic E-state index is 11.8. The molecule has 2 heterocycles. The van der Waals surface area contributed by atoms with Gasteiger partial charge in [0.1, 0.15) is 11.6 Å². The maximum Gasteiger partial charge on any atom is 0.228 e. The molecule has 2 rings (SSSR count). The number of carbonyl (C=O) groups is 1. The summed E-state index contributed by atoms with van der Waals surface area (Å²) in [6.45, 7) is 0.551. The van der Waals surface area contributed by atoms with Gasteiger partial charge >= 0.3 is 0 Å². The lowest BCUT2D eigenvalue weighted by Crippen LogP contribution is -2.27. The molecule has 1 aliphatic rings. The summed E-state index contributed by atoms with van der Waals surface area (Å²) in [6, 6.07) is 1.97. The SMILES string of the molecule is N#Cc1cnc(N)nc1N1CC(CBr)CC1=O. The molecular weight excluding hydrogens is 286 g/mol. The van der Waals surface area contributed by atoms with Crippen LogP contribution < -0.4 is 10.6 Å². The third-order valence-electron chi connectivity index (χ3n) is 2.59. The van der Waals surface area contributed by atoms with E-state index in [9.17, 15) is 4.79 Å². The minimum absolute atomic E-state index is 0.0379. The van der Waals surface area contributed by atoms with Gasteiger partial charge in [-0.3, -0.25) is 9.69 Å². The van der Waals surface area contributed by atoms with E-state index in [-0.39, 0.29) is 23.3 Å². The number of alkyl halides is 1. The van der Waals surface area contributed by atoms with Crippen molar-refractivity contribution in [2.45, 2.75) is 6.42 Å². The van der Waals surface area contributed by atoms with Crippen LogP contribution in [-0.2, 0) is 4.79 Å². The van der Waals surface area contributed by atoms with E-state index in [0.29, 0.717) is 18.8 Å². The quantitative estimate of drug-likeness (QED) is 0.809. The first-order chi connectivity index (χ1) is 8.15. The maximum atomic E-state index is 11.8. The Morgan fingerprint density at radius 2 is 2.47 bits per heavy atom. The van der Waals surface area contributed by atoms with Gasteiger partial charge in [0.2, 0.25) is 11.9 Å². The van der Waals surface area contributed by atoms with Crippen LogP contribution in [0.4, 0.5) is 11.8 Å². The molecule has 0 saturated carbocycles. The summed E-state index contributed by atoms with van der Waals surface area (Å²) in [5.74, 6) is 0.580. The second-order valence-electron chi connectivity index (χ2n) is 3.81. The van der Waals surface area contributed by atoms with Gasteiger partial charge in [-0.25, -0.2) is 4.98 Å². The third-order valence-corrected chi connectivity index (χ3v) is 3.50. The molecule has 0 radical (unpaired) electrons. The largest absolute Gasteiger partial charge is 0.368 e. The molecule has 17 heavy (non-hydrogen) atoms. The molecule has 1 amide bonds. The van der Waals surface area contributed by atoms with Gasteiger partial charge < -0.3 is 5.73 Å². The highest BCUT2D eigenvalue weighted by atomic mass is 79.9. The van der Waals surface area contributed by atoms with E-state index in [1.165, 1.54) is 11.1 Å². The number of anilines is 2. The number of aromatic nitrogens is 2. The van der Waals surface area contributed by atoms with Crippen LogP contribution in [0.1, 0.15) is 12.0 Å². The smallest absolute Gasteiger partial charge is 0.228 e. The van der Waals surface area contributed by atoms with Crippen LogP contribution in [0.2, 0.25) is 0 Å². The number of amides is 1. The Morgan fingerprint density at radius 3 is 3.06 bits per heavy atom. The number of carbonyl (C=O) groups excluding carboxylic acids is 1. The number of nitrogen functional groups attached to an aromatic ring is 1. The Morgan fingerprint density at radius 1 is 1.71 bits per heavy atom. The van der Waals surface area contributed by atoms with E-state index in [1.807, 2.05) is 6.07 Å². The first-order valence-electron chi connectivity index (χ1n) is 5.04. The van der Waals surface area contributed by atoms with Crippen molar-refractivity contribution in [1.29, 1.82) is 5.26 Å². The first kappa shape index (κ1) is 11.8.